The molecule has 0 saturated carbocycles. The van der Waals surface area contributed by atoms with Crippen molar-refractivity contribution in [2.45, 2.75) is 6.92 Å². The number of nitrogens with two attached hydrogens (primary N) is 1. The molecule has 0 fully saturated rings. The van der Waals surface area contributed by atoms with Crippen molar-refractivity contribution in [1.82, 2.24) is 4.98 Å². The molecule has 1 heterocycles. The second-order valence-corrected chi connectivity index (χ2v) is 4.36. The summed E-state index contributed by atoms with van der Waals surface area (Å²) in [4.78, 5) is 4.34. The van der Waals surface area contributed by atoms with E-state index < -0.39 is 0 Å². The number of nitrogens with zero attached hydrogens (tertiary/aromatic N) is 1. The zero-order valence-corrected chi connectivity index (χ0v) is 9.95. The molecule has 0 radical (unpaired) electrons. The van der Waals surface area contributed by atoms with E-state index >= 15 is 0 Å². The summed E-state index contributed by atoms with van der Waals surface area (Å²) in [7, 11) is 0. The van der Waals surface area contributed by atoms with Gasteiger partial charge in [0, 0.05) is 10.0 Å². The molecule has 2 nitrogen and oxygen atoms in total. The van der Waals surface area contributed by atoms with Crippen LogP contribution in [0.3, 0.4) is 0 Å². The molecule has 1 aromatic carbocycles. The number of aryl methyl sites for hydroxylation is 1. The minimum atomic E-state index is 0.700. The van der Waals surface area contributed by atoms with Crippen LogP contribution in [-0.4, -0.2) is 4.98 Å². The Balaban J connectivity index is 2.54. The van der Waals surface area contributed by atoms with Gasteiger partial charge in [-0.1, -0.05) is 28.1 Å². The molecule has 1 aromatic heterocycles. The molecule has 0 spiro atoms. The molecule has 0 aliphatic carbocycles. The summed E-state index contributed by atoms with van der Waals surface area (Å²) in [6, 6.07) is 10.0. The van der Waals surface area contributed by atoms with Crippen LogP contribution in [0.15, 0.2) is 41.0 Å². The third kappa shape index (κ3) is 2.18. The Morgan fingerprint density at radius 3 is 2.73 bits per heavy atom. The molecule has 0 amide bonds. The van der Waals surface area contributed by atoms with Gasteiger partial charge in [0.05, 0.1) is 17.6 Å². The van der Waals surface area contributed by atoms with E-state index in [4.69, 9.17) is 5.73 Å². The summed E-state index contributed by atoms with van der Waals surface area (Å²) < 4.78 is 1.05. The molecular formula is C12H11BrN2. The maximum absolute atomic E-state index is 5.66. The van der Waals surface area contributed by atoms with Gasteiger partial charge >= 0.3 is 0 Å². The smallest absolute Gasteiger partial charge is 0.0733 e. The van der Waals surface area contributed by atoms with Crippen LogP contribution >= 0.6 is 15.9 Å². The van der Waals surface area contributed by atoms with Crippen molar-refractivity contribution in [3.63, 3.8) is 0 Å². The predicted octanol–water partition coefficient (Wildman–Crippen LogP) is 3.40. The van der Waals surface area contributed by atoms with Crippen LogP contribution < -0.4 is 5.73 Å². The SMILES string of the molecule is Cc1cc(N)cnc1-c1cccc(Br)c1. The van der Waals surface area contributed by atoms with Gasteiger partial charge in [-0.25, -0.2) is 0 Å². The number of anilines is 1. The fourth-order valence-corrected chi connectivity index (χ4v) is 1.93. The summed E-state index contributed by atoms with van der Waals surface area (Å²) in [5, 5.41) is 0. The lowest BCUT2D eigenvalue weighted by atomic mass is 10.1. The van der Waals surface area contributed by atoms with Gasteiger partial charge in [-0.15, -0.1) is 0 Å². The van der Waals surface area contributed by atoms with E-state index in [1.54, 1.807) is 6.20 Å². The third-order valence-corrected chi connectivity index (χ3v) is 2.69. The van der Waals surface area contributed by atoms with Crippen LogP contribution in [0.5, 0.6) is 0 Å². The Morgan fingerprint density at radius 2 is 2.07 bits per heavy atom. The number of nitrogen functional groups attached to an aromatic ring is 1. The first-order valence-electron chi connectivity index (χ1n) is 4.65. The Labute approximate surface area is 97.3 Å². The fraction of sp³-hybridized carbons (Fsp3) is 0.0833. The zero-order valence-electron chi connectivity index (χ0n) is 8.37. The summed E-state index contributed by atoms with van der Waals surface area (Å²) in [5.74, 6) is 0. The highest BCUT2D eigenvalue weighted by Gasteiger charge is 2.03. The zero-order chi connectivity index (χ0) is 10.8. The standard InChI is InChI=1S/C12H11BrN2/c1-8-5-11(14)7-15-12(8)9-3-2-4-10(13)6-9/h2-7H,14H2,1H3. The van der Waals surface area contributed by atoms with Crippen molar-refractivity contribution < 1.29 is 0 Å². The highest BCUT2D eigenvalue weighted by atomic mass is 79.9. The maximum atomic E-state index is 5.66. The lowest BCUT2D eigenvalue weighted by Crippen LogP contribution is -1.92. The highest BCUT2D eigenvalue weighted by molar-refractivity contribution is 9.10. The molecule has 76 valence electrons. The number of hydrogen-bond donors (Lipinski definition) is 1. The summed E-state index contributed by atoms with van der Waals surface area (Å²) in [5.41, 5.74) is 9.53. The lowest BCUT2D eigenvalue weighted by Gasteiger charge is -2.05. The minimum absolute atomic E-state index is 0.700. The van der Waals surface area contributed by atoms with Crippen molar-refractivity contribution in [2.24, 2.45) is 0 Å². The molecule has 0 atom stereocenters. The lowest BCUT2D eigenvalue weighted by molar-refractivity contribution is 1.27. The van der Waals surface area contributed by atoms with Crippen LogP contribution in [0.25, 0.3) is 11.3 Å². The van der Waals surface area contributed by atoms with E-state index in [9.17, 15) is 0 Å². The van der Waals surface area contributed by atoms with Gasteiger partial charge in [0.15, 0.2) is 0 Å². The number of rotatable bonds is 1. The van der Waals surface area contributed by atoms with E-state index in [1.807, 2.05) is 37.3 Å². The molecule has 0 aliphatic heterocycles. The molecule has 2 aromatic rings. The van der Waals surface area contributed by atoms with Crippen molar-refractivity contribution in [3.8, 4) is 11.3 Å². The Bertz CT molecular complexity index is 495. The van der Waals surface area contributed by atoms with Crippen LogP contribution in [0, 0.1) is 6.92 Å². The van der Waals surface area contributed by atoms with Gasteiger partial charge in [0.25, 0.3) is 0 Å². The van der Waals surface area contributed by atoms with Crippen molar-refractivity contribution in [3.05, 3.63) is 46.6 Å². The molecule has 0 unspecified atom stereocenters. The first-order chi connectivity index (χ1) is 7.16. The monoisotopic (exact) mass is 262 g/mol. The number of hydrogen-bond acceptors (Lipinski definition) is 2. The van der Waals surface area contributed by atoms with Gasteiger partial charge in [0.1, 0.15) is 0 Å². The molecular weight excluding hydrogens is 252 g/mol. The van der Waals surface area contributed by atoms with Gasteiger partial charge < -0.3 is 5.73 Å². The Kier molecular flexibility index (Phi) is 2.73. The number of benzene rings is 1. The van der Waals surface area contributed by atoms with Crippen molar-refractivity contribution in [1.29, 1.82) is 0 Å². The average molecular weight is 263 g/mol. The highest BCUT2D eigenvalue weighted by Crippen LogP contribution is 2.24. The molecule has 15 heavy (non-hydrogen) atoms. The molecule has 0 saturated heterocycles. The molecule has 2 rings (SSSR count). The largest absolute Gasteiger partial charge is 0.397 e. The van der Waals surface area contributed by atoms with Gasteiger partial charge in [-0.2, -0.15) is 0 Å². The maximum Gasteiger partial charge on any atom is 0.0733 e. The van der Waals surface area contributed by atoms with Crippen LogP contribution in [0.4, 0.5) is 5.69 Å². The van der Waals surface area contributed by atoms with E-state index in [-0.39, 0.29) is 0 Å². The Morgan fingerprint density at radius 1 is 1.27 bits per heavy atom. The van der Waals surface area contributed by atoms with E-state index in [2.05, 4.69) is 20.9 Å². The summed E-state index contributed by atoms with van der Waals surface area (Å²) in [6.07, 6.45) is 1.68. The summed E-state index contributed by atoms with van der Waals surface area (Å²) in [6.45, 7) is 2.01. The van der Waals surface area contributed by atoms with Crippen molar-refractivity contribution in [2.75, 3.05) is 5.73 Å². The number of pyridine rings is 1. The van der Waals surface area contributed by atoms with Crippen LogP contribution in [0.1, 0.15) is 5.56 Å². The quantitative estimate of drug-likeness (QED) is 0.856. The van der Waals surface area contributed by atoms with E-state index in [1.165, 1.54) is 0 Å². The number of aromatic nitrogens is 1. The Hall–Kier alpha value is -1.35. The molecule has 3 heteroatoms. The van der Waals surface area contributed by atoms with Crippen molar-refractivity contribution >= 4 is 21.6 Å². The van der Waals surface area contributed by atoms with Crippen LogP contribution in [0.2, 0.25) is 0 Å². The minimum Gasteiger partial charge on any atom is -0.397 e. The number of halogens is 1. The normalized spacial score (nSPS) is 10.3. The fourth-order valence-electron chi connectivity index (χ4n) is 1.53. The van der Waals surface area contributed by atoms with Crippen LogP contribution in [-0.2, 0) is 0 Å². The second kappa shape index (κ2) is 4.03. The average Bonchev–Trinajstić information content (AvgIpc) is 2.17. The second-order valence-electron chi connectivity index (χ2n) is 3.44. The third-order valence-electron chi connectivity index (χ3n) is 2.20. The summed E-state index contributed by atoms with van der Waals surface area (Å²) >= 11 is 3.45. The first kappa shape index (κ1) is 10.2. The van der Waals surface area contributed by atoms with E-state index in [0.29, 0.717) is 5.69 Å². The predicted molar refractivity (Wildman–Crippen MR) is 66.5 cm³/mol. The van der Waals surface area contributed by atoms with Gasteiger partial charge in [-0.3, -0.25) is 4.98 Å². The first-order valence-corrected chi connectivity index (χ1v) is 5.44. The van der Waals surface area contributed by atoms with Gasteiger partial charge in [0.2, 0.25) is 0 Å². The molecule has 0 bridgehead atoms. The van der Waals surface area contributed by atoms with E-state index in [0.717, 1.165) is 21.3 Å². The topological polar surface area (TPSA) is 38.9 Å². The van der Waals surface area contributed by atoms with Gasteiger partial charge in [-0.05, 0) is 30.7 Å². The molecule has 2 N–H and O–H groups in total. The molecule has 0 aliphatic rings.